The maximum absolute atomic E-state index is 5.97. The van der Waals surface area contributed by atoms with Gasteiger partial charge >= 0.3 is 0 Å². The number of thiophene rings is 1. The van der Waals surface area contributed by atoms with Crippen LogP contribution in [-0.2, 0) is 6.54 Å². The van der Waals surface area contributed by atoms with Crippen LogP contribution in [0.1, 0.15) is 22.0 Å². The fourth-order valence-electron chi connectivity index (χ4n) is 2.24. The van der Waals surface area contributed by atoms with Crippen molar-refractivity contribution in [3.05, 3.63) is 56.7 Å². The highest BCUT2D eigenvalue weighted by Crippen LogP contribution is 2.26. The van der Waals surface area contributed by atoms with E-state index in [4.69, 9.17) is 17.3 Å². The molecule has 0 bridgehead atoms. The second kappa shape index (κ2) is 6.53. The van der Waals surface area contributed by atoms with Gasteiger partial charge in [0.2, 0.25) is 0 Å². The third-order valence-corrected chi connectivity index (χ3v) is 4.43. The zero-order chi connectivity index (χ0) is 13.8. The molecule has 1 unspecified atom stereocenters. The normalized spacial score (nSPS) is 12.9. The molecule has 0 aliphatic heterocycles. The van der Waals surface area contributed by atoms with Gasteiger partial charge in [0.05, 0.1) is 4.34 Å². The van der Waals surface area contributed by atoms with E-state index in [0.29, 0.717) is 6.54 Å². The van der Waals surface area contributed by atoms with Crippen LogP contribution in [0.4, 0.5) is 0 Å². The molecule has 1 aromatic heterocycles. The van der Waals surface area contributed by atoms with Crippen molar-refractivity contribution in [1.82, 2.24) is 4.90 Å². The summed E-state index contributed by atoms with van der Waals surface area (Å²) in [6.07, 6.45) is 0. The monoisotopic (exact) mass is 294 g/mol. The van der Waals surface area contributed by atoms with Gasteiger partial charge in [0.25, 0.3) is 0 Å². The predicted octanol–water partition coefficient (Wildman–Crippen LogP) is 3.84. The number of nitrogens with two attached hydrogens (primary N) is 1. The number of rotatable bonds is 5. The second-order valence-corrected chi connectivity index (χ2v) is 6.59. The van der Waals surface area contributed by atoms with Crippen LogP contribution >= 0.6 is 22.9 Å². The summed E-state index contributed by atoms with van der Waals surface area (Å²) in [7, 11) is 2.10. The van der Waals surface area contributed by atoms with Gasteiger partial charge in [0.15, 0.2) is 0 Å². The summed E-state index contributed by atoms with van der Waals surface area (Å²) < 4.78 is 0.836. The Morgan fingerprint density at radius 2 is 2.11 bits per heavy atom. The molecule has 0 amide bonds. The van der Waals surface area contributed by atoms with Crippen LogP contribution in [0.2, 0.25) is 4.34 Å². The minimum absolute atomic E-state index is 0.237. The van der Waals surface area contributed by atoms with Crippen molar-refractivity contribution in [3.63, 3.8) is 0 Å². The van der Waals surface area contributed by atoms with Crippen molar-refractivity contribution >= 4 is 22.9 Å². The molecule has 19 heavy (non-hydrogen) atoms. The molecule has 1 aromatic carbocycles. The van der Waals surface area contributed by atoms with Crippen molar-refractivity contribution < 1.29 is 0 Å². The minimum Gasteiger partial charge on any atom is -0.329 e. The molecule has 0 radical (unpaired) electrons. The molecule has 0 saturated heterocycles. The van der Waals surface area contributed by atoms with Crippen LogP contribution < -0.4 is 5.73 Å². The molecule has 0 aliphatic rings. The lowest BCUT2D eigenvalue weighted by Crippen LogP contribution is -2.29. The van der Waals surface area contributed by atoms with Gasteiger partial charge in [-0.15, -0.1) is 11.3 Å². The molecule has 0 saturated carbocycles. The van der Waals surface area contributed by atoms with Crippen molar-refractivity contribution in [1.29, 1.82) is 0 Å². The van der Waals surface area contributed by atoms with Crippen LogP contribution in [0.3, 0.4) is 0 Å². The van der Waals surface area contributed by atoms with Crippen molar-refractivity contribution in [2.75, 3.05) is 13.6 Å². The van der Waals surface area contributed by atoms with Gasteiger partial charge in [-0.25, -0.2) is 0 Å². The van der Waals surface area contributed by atoms with E-state index in [9.17, 15) is 0 Å². The second-order valence-electron chi connectivity index (χ2n) is 4.79. The molecule has 2 nitrogen and oxygen atoms in total. The molecular weight excluding hydrogens is 276 g/mol. The third-order valence-electron chi connectivity index (χ3n) is 3.22. The topological polar surface area (TPSA) is 29.3 Å². The minimum atomic E-state index is 0.237. The van der Waals surface area contributed by atoms with Crippen LogP contribution in [0.5, 0.6) is 0 Å². The summed E-state index contributed by atoms with van der Waals surface area (Å²) in [6.45, 7) is 3.59. The van der Waals surface area contributed by atoms with E-state index in [1.165, 1.54) is 16.0 Å². The largest absolute Gasteiger partial charge is 0.329 e. The fraction of sp³-hybridized carbons (Fsp3) is 0.333. The van der Waals surface area contributed by atoms with Crippen molar-refractivity contribution in [2.45, 2.75) is 19.5 Å². The van der Waals surface area contributed by atoms with Crippen molar-refractivity contribution in [3.8, 4) is 0 Å². The molecule has 0 fully saturated rings. The Bertz CT molecular complexity index is 538. The Morgan fingerprint density at radius 3 is 2.68 bits per heavy atom. The molecule has 2 aromatic rings. The molecule has 2 N–H and O–H groups in total. The Labute approximate surface area is 123 Å². The Morgan fingerprint density at radius 1 is 1.32 bits per heavy atom. The van der Waals surface area contributed by atoms with E-state index in [1.54, 1.807) is 11.3 Å². The highest BCUT2D eigenvalue weighted by atomic mass is 35.5. The third kappa shape index (κ3) is 3.80. The number of nitrogens with zero attached hydrogens (tertiary/aromatic N) is 1. The standard InChI is InChI=1S/C15H19ClN2S/c1-11-4-3-5-12(8-11)14(9-17)18(2)10-13-6-7-15(16)19-13/h3-8,14H,9-10,17H2,1-2H3. The van der Waals surface area contributed by atoms with Gasteiger partial charge in [-0.3, -0.25) is 4.90 Å². The van der Waals surface area contributed by atoms with E-state index >= 15 is 0 Å². The first-order valence-electron chi connectivity index (χ1n) is 6.31. The highest BCUT2D eigenvalue weighted by Gasteiger charge is 2.16. The maximum Gasteiger partial charge on any atom is 0.0931 e. The molecule has 0 spiro atoms. The average molecular weight is 295 g/mol. The molecule has 1 atom stereocenters. The van der Waals surface area contributed by atoms with Crippen LogP contribution in [0.25, 0.3) is 0 Å². The number of hydrogen-bond acceptors (Lipinski definition) is 3. The van der Waals surface area contributed by atoms with Crippen LogP contribution in [0.15, 0.2) is 36.4 Å². The Hall–Kier alpha value is -0.870. The Balaban J connectivity index is 2.12. The highest BCUT2D eigenvalue weighted by molar-refractivity contribution is 7.16. The van der Waals surface area contributed by atoms with Gasteiger partial charge in [-0.1, -0.05) is 41.4 Å². The first-order valence-corrected chi connectivity index (χ1v) is 7.50. The van der Waals surface area contributed by atoms with Crippen LogP contribution in [-0.4, -0.2) is 18.5 Å². The number of aryl methyl sites for hydroxylation is 1. The lowest BCUT2D eigenvalue weighted by Gasteiger charge is -2.27. The number of benzene rings is 1. The van der Waals surface area contributed by atoms with Gasteiger partial charge in [0, 0.05) is 24.0 Å². The smallest absolute Gasteiger partial charge is 0.0931 e. The van der Waals surface area contributed by atoms with E-state index < -0.39 is 0 Å². The van der Waals surface area contributed by atoms with E-state index in [-0.39, 0.29) is 6.04 Å². The van der Waals surface area contributed by atoms with E-state index in [0.717, 1.165) is 10.9 Å². The van der Waals surface area contributed by atoms with E-state index in [1.807, 2.05) is 6.07 Å². The lowest BCUT2D eigenvalue weighted by molar-refractivity contribution is 0.244. The molecular formula is C15H19ClN2S. The summed E-state index contributed by atoms with van der Waals surface area (Å²) in [5, 5.41) is 0. The molecule has 0 aliphatic carbocycles. The molecule has 4 heteroatoms. The maximum atomic E-state index is 5.97. The summed E-state index contributed by atoms with van der Waals surface area (Å²) in [5.41, 5.74) is 8.49. The number of halogens is 1. The summed E-state index contributed by atoms with van der Waals surface area (Å²) in [4.78, 5) is 3.54. The number of likely N-dealkylation sites (N-methyl/N-ethyl adjacent to an activating group) is 1. The van der Waals surface area contributed by atoms with Crippen LogP contribution in [0, 0.1) is 6.92 Å². The first kappa shape index (κ1) is 14.5. The average Bonchev–Trinajstić information content (AvgIpc) is 2.75. The molecule has 102 valence electrons. The van der Waals surface area contributed by atoms with E-state index in [2.05, 4.69) is 49.2 Å². The zero-order valence-electron chi connectivity index (χ0n) is 11.3. The predicted molar refractivity (Wildman–Crippen MR) is 83.8 cm³/mol. The van der Waals surface area contributed by atoms with Gasteiger partial charge in [-0.2, -0.15) is 0 Å². The number of hydrogen-bond donors (Lipinski definition) is 1. The Kier molecular flexibility index (Phi) is 4.99. The van der Waals surface area contributed by atoms with Gasteiger partial charge in [-0.05, 0) is 31.7 Å². The summed E-state index contributed by atoms with van der Waals surface area (Å²) >= 11 is 7.60. The van der Waals surface area contributed by atoms with Gasteiger partial charge in [0.1, 0.15) is 0 Å². The molecule has 2 rings (SSSR count). The SMILES string of the molecule is Cc1cccc(C(CN)N(C)Cc2ccc(Cl)s2)c1. The van der Waals surface area contributed by atoms with Gasteiger partial charge < -0.3 is 5.73 Å². The lowest BCUT2D eigenvalue weighted by atomic mass is 10.0. The fourth-order valence-corrected chi connectivity index (χ4v) is 3.39. The first-order chi connectivity index (χ1) is 9.10. The summed E-state index contributed by atoms with van der Waals surface area (Å²) in [5.74, 6) is 0. The zero-order valence-corrected chi connectivity index (χ0v) is 12.8. The van der Waals surface area contributed by atoms with Crippen molar-refractivity contribution in [2.24, 2.45) is 5.73 Å². The summed E-state index contributed by atoms with van der Waals surface area (Å²) in [6, 6.07) is 12.8. The molecule has 1 heterocycles. The quantitative estimate of drug-likeness (QED) is 0.908.